The van der Waals surface area contributed by atoms with Crippen molar-refractivity contribution in [2.24, 2.45) is 0 Å². The third-order valence-electron chi connectivity index (χ3n) is 8.43. The summed E-state index contributed by atoms with van der Waals surface area (Å²) in [5, 5.41) is 3.69. The molecular weight excluding hydrogens is 440 g/mol. The van der Waals surface area contributed by atoms with Gasteiger partial charge in [-0.3, -0.25) is 0 Å². The van der Waals surface area contributed by atoms with Gasteiger partial charge in [-0.15, -0.1) is 0 Å². The molecule has 2 aromatic heterocycles. The second-order valence-electron chi connectivity index (χ2n) is 13.1. The fraction of sp³-hybridized carbons (Fsp3) is 0.394. The van der Waals surface area contributed by atoms with Gasteiger partial charge in [-0.1, -0.05) is 78.8 Å². The Hall–Kier alpha value is -3.20. The van der Waals surface area contributed by atoms with Crippen molar-refractivity contribution in [3.05, 3.63) is 71.0 Å². The molecule has 0 saturated carbocycles. The first-order valence-electron chi connectivity index (χ1n) is 13.1. The fourth-order valence-corrected chi connectivity index (χ4v) is 6.30. The van der Waals surface area contributed by atoms with Crippen molar-refractivity contribution >= 4 is 32.8 Å². The Morgan fingerprint density at radius 3 is 2.33 bits per heavy atom. The molecule has 0 aliphatic heterocycles. The van der Waals surface area contributed by atoms with E-state index >= 15 is 0 Å². The Morgan fingerprint density at radius 1 is 0.861 bits per heavy atom. The topological polar surface area (TPSA) is 38.9 Å². The average molecular weight is 477 g/mol. The molecule has 5 aromatic rings. The molecule has 0 unspecified atom stereocenters. The Morgan fingerprint density at radius 2 is 1.58 bits per heavy atom. The lowest BCUT2D eigenvalue weighted by Gasteiger charge is -2.42. The molecule has 36 heavy (non-hydrogen) atoms. The molecular formula is C33H36N2O. The Kier molecular flexibility index (Phi) is 4.78. The molecule has 0 N–H and O–H groups in total. The third kappa shape index (κ3) is 3.32. The van der Waals surface area contributed by atoms with Crippen LogP contribution in [0.5, 0.6) is 0 Å². The van der Waals surface area contributed by atoms with Gasteiger partial charge in [-0.2, -0.15) is 0 Å². The summed E-state index contributed by atoms with van der Waals surface area (Å²) in [6.07, 6.45) is 4.05. The number of benzene rings is 3. The Balaban J connectivity index is 1.72. The summed E-state index contributed by atoms with van der Waals surface area (Å²) in [5.74, 6) is 0. The maximum atomic E-state index is 6.71. The molecule has 0 bridgehead atoms. The van der Waals surface area contributed by atoms with Gasteiger partial charge in [0.1, 0.15) is 23.1 Å². The highest BCUT2D eigenvalue weighted by molar-refractivity contribution is 6.10. The molecule has 1 aliphatic rings. The normalized spacial score (nSPS) is 17.1. The maximum Gasteiger partial charge on any atom is 0.180 e. The van der Waals surface area contributed by atoms with Gasteiger partial charge in [0.05, 0.1) is 5.39 Å². The molecule has 0 spiro atoms. The zero-order valence-corrected chi connectivity index (χ0v) is 22.8. The van der Waals surface area contributed by atoms with E-state index in [2.05, 4.69) is 97.9 Å². The van der Waals surface area contributed by atoms with E-state index in [9.17, 15) is 0 Å². The number of hydrogen-bond acceptors (Lipinski definition) is 3. The number of hydrogen-bond donors (Lipinski definition) is 0. The van der Waals surface area contributed by atoms with E-state index in [4.69, 9.17) is 14.4 Å². The smallest absolute Gasteiger partial charge is 0.180 e. The van der Waals surface area contributed by atoms with E-state index in [1.165, 1.54) is 44.8 Å². The molecule has 0 amide bonds. The molecule has 3 nitrogen and oxygen atoms in total. The molecule has 0 atom stereocenters. The van der Waals surface area contributed by atoms with Crippen LogP contribution in [0.15, 0.2) is 53.2 Å². The van der Waals surface area contributed by atoms with Gasteiger partial charge in [-0.05, 0) is 81.2 Å². The summed E-state index contributed by atoms with van der Waals surface area (Å²) >= 11 is 0. The molecule has 3 heteroatoms. The van der Waals surface area contributed by atoms with Crippen LogP contribution in [0.4, 0.5) is 0 Å². The second kappa shape index (κ2) is 7.41. The number of furan rings is 1. The van der Waals surface area contributed by atoms with Crippen molar-refractivity contribution in [3.63, 3.8) is 0 Å². The van der Waals surface area contributed by atoms with Crippen molar-refractivity contribution in [2.75, 3.05) is 0 Å². The van der Waals surface area contributed by atoms with Crippen LogP contribution >= 0.6 is 0 Å². The van der Waals surface area contributed by atoms with Gasteiger partial charge in [0.25, 0.3) is 0 Å². The van der Waals surface area contributed by atoms with Crippen molar-refractivity contribution in [2.45, 2.75) is 84.5 Å². The zero-order valence-electron chi connectivity index (χ0n) is 22.8. The lowest BCUT2D eigenvalue weighted by molar-refractivity contribution is 0.334. The van der Waals surface area contributed by atoms with Crippen molar-refractivity contribution in [1.29, 1.82) is 0 Å². The van der Waals surface area contributed by atoms with Gasteiger partial charge in [0.15, 0.2) is 5.58 Å². The van der Waals surface area contributed by atoms with Crippen LogP contribution in [0.2, 0.25) is 0 Å². The minimum Gasteiger partial charge on any atom is -0.452 e. The van der Waals surface area contributed by atoms with Gasteiger partial charge in [0.2, 0.25) is 0 Å². The van der Waals surface area contributed by atoms with Gasteiger partial charge >= 0.3 is 0 Å². The molecule has 0 fully saturated rings. The van der Waals surface area contributed by atoms with Crippen LogP contribution in [0.3, 0.4) is 0 Å². The first kappa shape index (κ1) is 23.2. The Labute approximate surface area is 214 Å². The van der Waals surface area contributed by atoms with Crippen molar-refractivity contribution in [1.82, 2.24) is 9.97 Å². The summed E-state index contributed by atoms with van der Waals surface area (Å²) in [7, 11) is 0. The number of rotatable bonds is 1. The van der Waals surface area contributed by atoms with Crippen LogP contribution in [-0.4, -0.2) is 9.97 Å². The first-order chi connectivity index (χ1) is 16.9. The SMILES string of the molecule is Cc1cc2c(c3c1oc1c(-c4cc(C(C)(C)C)c5ccccc5c4)ncnc13)C(C)(C)CCC2(C)C. The number of aryl methyl sites for hydroxylation is 1. The predicted octanol–water partition coefficient (Wildman–Crippen LogP) is 9.15. The summed E-state index contributed by atoms with van der Waals surface area (Å²) < 4.78 is 6.71. The highest BCUT2D eigenvalue weighted by atomic mass is 16.3. The average Bonchev–Trinajstić information content (AvgIpc) is 3.21. The molecule has 0 radical (unpaired) electrons. The van der Waals surface area contributed by atoms with Crippen molar-refractivity contribution in [3.8, 4) is 11.3 Å². The minimum absolute atomic E-state index is 0.000897. The quantitative estimate of drug-likeness (QED) is 0.242. The summed E-state index contributed by atoms with van der Waals surface area (Å²) in [6, 6.07) is 15.5. The maximum absolute atomic E-state index is 6.71. The van der Waals surface area contributed by atoms with E-state index in [1.54, 1.807) is 6.33 Å². The number of fused-ring (bicyclic) bond motifs is 6. The minimum atomic E-state index is 0.000897. The van der Waals surface area contributed by atoms with E-state index in [0.29, 0.717) is 0 Å². The van der Waals surface area contributed by atoms with Gasteiger partial charge in [-0.25, -0.2) is 9.97 Å². The van der Waals surface area contributed by atoms with E-state index in [0.717, 1.165) is 34.4 Å². The molecule has 2 heterocycles. The van der Waals surface area contributed by atoms with Crippen LogP contribution in [0, 0.1) is 6.92 Å². The predicted molar refractivity (Wildman–Crippen MR) is 151 cm³/mol. The van der Waals surface area contributed by atoms with Crippen LogP contribution < -0.4 is 0 Å². The highest BCUT2D eigenvalue weighted by Crippen LogP contribution is 2.51. The van der Waals surface area contributed by atoms with Crippen molar-refractivity contribution < 1.29 is 4.42 Å². The second-order valence-corrected chi connectivity index (χ2v) is 13.1. The molecule has 6 rings (SSSR count). The lowest BCUT2D eigenvalue weighted by Crippen LogP contribution is -2.34. The monoisotopic (exact) mass is 476 g/mol. The number of aromatic nitrogens is 2. The summed E-state index contributed by atoms with van der Waals surface area (Å²) in [4.78, 5) is 9.65. The lowest BCUT2D eigenvalue weighted by atomic mass is 9.62. The fourth-order valence-electron chi connectivity index (χ4n) is 6.30. The van der Waals surface area contributed by atoms with E-state index < -0.39 is 0 Å². The third-order valence-corrected chi connectivity index (χ3v) is 8.43. The molecule has 0 saturated heterocycles. The first-order valence-corrected chi connectivity index (χ1v) is 13.1. The zero-order chi connectivity index (χ0) is 25.6. The van der Waals surface area contributed by atoms with Crippen LogP contribution in [-0.2, 0) is 16.2 Å². The molecule has 1 aliphatic carbocycles. The summed E-state index contributed by atoms with van der Waals surface area (Å²) in [6.45, 7) is 18.5. The molecule has 3 aromatic carbocycles. The van der Waals surface area contributed by atoms with Gasteiger partial charge in [0, 0.05) is 5.56 Å². The largest absolute Gasteiger partial charge is 0.452 e. The van der Waals surface area contributed by atoms with Crippen LogP contribution in [0.25, 0.3) is 44.1 Å². The Bertz CT molecular complexity index is 1680. The highest BCUT2D eigenvalue weighted by Gasteiger charge is 2.40. The van der Waals surface area contributed by atoms with E-state index in [1.807, 2.05) is 0 Å². The van der Waals surface area contributed by atoms with Crippen LogP contribution in [0.1, 0.15) is 83.6 Å². The summed E-state index contributed by atoms with van der Waals surface area (Å²) in [5.41, 5.74) is 10.1. The van der Waals surface area contributed by atoms with Gasteiger partial charge < -0.3 is 4.42 Å². The van der Waals surface area contributed by atoms with E-state index in [-0.39, 0.29) is 16.2 Å². The standard InChI is InChI=1S/C33H36N2O/c1-19-15-24-26(33(7,8)14-13-32(24,5)6)25-28-30(36-29(19)25)27(34-18-35-28)21-16-20-11-9-10-12-22(20)23(17-21)31(2,3)4/h9-12,15-18H,13-14H2,1-8H3. The number of nitrogens with zero attached hydrogens (tertiary/aromatic N) is 2. The molecule has 184 valence electrons.